The van der Waals surface area contributed by atoms with Crippen LogP contribution in [-0.4, -0.2) is 40.6 Å². The first-order chi connectivity index (χ1) is 14.9. The van der Waals surface area contributed by atoms with E-state index in [0.717, 1.165) is 5.56 Å². The molecule has 3 rings (SSSR count). The lowest BCUT2D eigenvalue weighted by molar-refractivity contribution is -0.147. The van der Waals surface area contributed by atoms with Gasteiger partial charge in [-0.1, -0.05) is 28.9 Å². The number of halogens is 2. The summed E-state index contributed by atoms with van der Waals surface area (Å²) in [6.07, 6.45) is 1.05. The molecule has 2 aromatic carbocycles. The molecule has 0 atom stereocenters. The average Bonchev–Trinajstić information content (AvgIpc) is 3.24. The zero-order valence-corrected chi connectivity index (χ0v) is 17.6. The number of hydrogen-bond acceptors (Lipinski definition) is 6. The van der Waals surface area contributed by atoms with Gasteiger partial charge in [0.15, 0.2) is 0 Å². The van der Waals surface area contributed by atoms with Gasteiger partial charge in [-0.25, -0.2) is 4.39 Å². The average molecular weight is 446 g/mol. The highest BCUT2D eigenvalue weighted by Crippen LogP contribution is 2.17. The van der Waals surface area contributed by atoms with Crippen molar-refractivity contribution in [3.05, 3.63) is 70.8 Å². The molecular formula is C22H21ClFN3O4. The maximum Gasteiger partial charge on any atom is 0.325 e. The quantitative estimate of drug-likeness (QED) is 0.462. The summed E-state index contributed by atoms with van der Waals surface area (Å²) < 4.78 is 23.0. The highest BCUT2D eigenvalue weighted by molar-refractivity contribution is 6.30. The number of methoxy groups -OCH3 is 1. The third-order valence-corrected chi connectivity index (χ3v) is 4.79. The standard InChI is InChI=1S/C22H21ClFN3O4/c1-30-21(29)14-27(13-15-5-9-17(23)10-6-15)20(28)4-2-3-19-25-22(26-31-19)16-7-11-18(24)12-8-16/h5-12H,2-4,13-14H2,1H3. The molecule has 0 unspecified atom stereocenters. The first-order valence-electron chi connectivity index (χ1n) is 9.62. The fraction of sp³-hybridized carbons (Fsp3) is 0.273. The van der Waals surface area contributed by atoms with E-state index < -0.39 is 5.97 Å². The normalized spacial score (nSPS) is 10.7. The molecule has 0 N–H and O–H groups in total. The van der Waals surface area contributed by atoms with E-state index in [1.807, 2.05) is 0 Å². The number of esters is 1. The Morgan fingerprint density at radius 1 is 1.13 bits per heavy atom. The van der Waals surface area contributed by atoms with E-state index >= 15 is 0 Å². The Morgan fingerprint density at radius 2 is 1.84 bits per heavy atom. The molecule has 1 aromatic heterocycles. The molecule has 0 radical (unpaired) electrons. The number of aryl methyl sites for hydroxylation is 1. The fourth-order valence-electron chi connectivity index (χ4n) is 2.88. The van der Waals surface area contributed by atoms with Crippen LogP contribution in [0.15, 0.2) is 53.1 Å². The molecule has 9 heteroatoms. The zero-order chi connectivity index (χ0) is 22.2. The van der Waals surface area contributed by atoms with Crippen LogP contribution in [0.4, 0.5) is 4.39 Å². The van der Waals surface area contributed by atoms with Crippen LogP contribution in [-0.2, 0) is 27.3 Å². The van der Waals surface area contributed by atoms with Gasteiger partial charge >= 0.3 is 5.97 Å². The van der Waals surface area contributed by atoms with Crippen molar-refractivity contribution in [3.63, 3.8) is 0 Å². The molecule has 31 heavy (non-hydrogen) atoms. The summed E-state index contributed by atoms with van der Waals surface area (Å²) in [5.41, 5.74) is 1.49. The number of benzene rings is 2. The van der Waals surface area contributed by atoms with Crippen molar-refractivity contribution >= 4 is 23.5 Å². The lowest BCUT2D eigenvalue weighted by Crippen LogP contribution is -2.35. The van der Waals surface area contributed by atoms with E-state index in [2.05, 4.69) is 10.1 Å². The Bertz CT molecular complexity index is 1020. The molecule has 0 aliphatic rings. The SMILES string of the molecule is COC(=O)CN(Cc1ccc(Cl)cc1)C(=O)CCCc1nc(-c2ccc(F)cc2)no1. The van der Waals surface area contributed by atoms with Crippen molar-refractivity contribution in [3.8, 4) is 11.4 Å². The van der Waals surface area contributed by atoms with Crippen LogP contribution in [0.1, 0.15) is 24.3 Å². The van der Waals surface area contributed by atoms with Crippen molar-refractivity contribution in [2.45, 2.75) is 25.8 Å². The number of carbonyl (C=O) groups is 2. The minimum absolute atomic E-state index is 0.146. The minimum atomic E-state index is -0.497. The molecular weight excluding hydrogens is 425 g/mol. The lowest BCUT2D eigenvalue weighted by Gasteiger charge is -2.21. The second kappa shape index (κ2) is 10.7. The molecule has 1 heterocycles. The van der Waals surface area contributed by atoms with Gasteiger partial charge in [-0.15, -0.1) is 0 Å². The Hall–Kier alpha value is -3.26. The van der Waals surface area contributed by atoms with Gasteiger partial charge in [0, 0.05) is 30.0 Å². The van der Waals surface area contributed by atoms with Gasteiger partial charge in [-0.2, -0.15) is 4.98 Å². The predicted molar refractivity (Wildman–Crippen MR) is 112 cm³/mol. The monoisotopic (exact) mass is 445 g/mol. The molecule has 7 nitrogen and oxygen atoms in total. The minimum Gasteiger partial charge on any atom is -0.468 e. The Balaban J connectivity index is 1.56. The molecule has 0 saturated carbocycles. The number of carbonyl (C=O) groups excluding carboxylic acids is 2. The Labute approximate surface area is 183 Å². The Morgan fingerprint density at radius 3 is 2.52 bits per heavy atom. The predicted octanol–water partition coefficient (Wildman–Crippen LogP) is 4.05. The second-order valence-corrected chi connectivity index (χ2v) is 7.26. The van der Waals surface area contributed by atoms with E-state index in [0.29, 0.717) is 35.1 Å². The van der Waals surface area contributed by atoms with Gasteiger partial charge in [-0.05, 0) is 48.4 Å². The molecule has 3 aromatic rings. The van der Waals surface area contributed by atoms with Gasteiger partial charge in [0.25, 0.3) is 0 Å². The maximum atomic E-state index is 13.0. The number of amides is 1. The number of rotatable bonds is 9. The van der Waals surface area contributed by atoms with Gasteiger partial charge in [0.1, 0.15) is 12.4 Å². The maximum absolute atomic E-state index is 13.0. The van der Waals surface area contributed by atoms with E-state index in [9.17, 15) is 14.0 Å². The summed E-state index contributed by atoms with van der Waals surface area (Å²) in [6, 6.07) is 12.8. The van der Waals surface area contributed by atoms with Gasteiger partial charge in [0.05, 0.1) is 7.11 Å². The van der Waals surface area contributed by atoms with Gasteiger partial charge in [0.2, 0.25) is 17.6 Å². The molecule has 0 spiro atoms. The van der Waals surface area contributed by atoms with Gasteiger partial charge in [-0.3, -0.25) is 9.59 Å². The molecule has 0 fully saturated rings. The van der Waals surface area contributed by atoms with Crippen molar-refractivity contribution in [2.75, 3.05) is 13.7 Å². The first-order valence-corrected chi connectivity index (χ1v) is 10.00. The third kappa shape index (κ3) is 6.62. The van der Waals surface area contributed by atoms with Crippen LogP contribution in [0.5, 0.6) is 0 Å². The van der Waals surface area contributed by atoms with E-state index in [1.54, 1.807) is 36.4 Å². The second-order valence-electron chi connectivity index (χ2n) is 6.82. The largest absolute Gasteiger partial charge is 0.468 e. The number of aromatic nitrogens is 2. The molecule has 1 amide bonds. The molecule has 0 aliphatic carbocycles. The summed E-state index contributed by atoms with van der Waals surface area (Å²) in [4.78, 5) is 30.2. The van der Waals surface area contributed by atoms with Crippen LogP contribution in [0.2, 0.25) is 5.02 Å². The van der Waals surface area contributed by atoms with Crippen LogP contribution in [0.25, 0.3) is 11.4 Å². The Kier molecular flexibility index (Phi) is 7.72. The van der Waals surface area contributed by atoms with E-state index in [-0.39, 0.29) is 31.2 Å². The molecule has 162 valence electrons. The topological polar surface area (TPSA) is 85.5 Å². The molecule has 0 saturated heterocycles. The summed E-state index contributed by atoms with van der Waals surface area (Å²) in [6.45, 7) is 0.119. The van der Waals surface area contributed by atoms with Crippen LogP contribution in [0.3, 0.4) is 0 Å². The lowest BCUT2D eigenvalue weighted by atomic mass is 10.1. The van der Waals surface area contributed by atoms with Crippen LogP contribution in [0, 0.1) is 5.82 Å². The van der Waals surface area contributed by atoms with Crippen molar-refractivity contribution in [1.82, 2.24) is 15.0 Å². The molecule has 0 bridgehead atoms. The summed E-state index contributed by atoms with van der Waals surface area (Å²) in [5, 5.41) is 4.48. The zero-order valence-electron chi connectivity index (χ0n) is 16.9. The van der Waals surface area contributed by atoms with Crippen LogP contribution >= 0.6 is 11.6 Å². The van der Waals surface area contributed by atoms with Gasteiger partial charge < -0.3 is 14.2 Å². The number of hydrogen-bond donors (Lipinski definition) is 0. The van der Waals surface area contributed by atoms with E-state index in [4.69, 9.17) is 20.9 Å². The van der Waals surface area contributed by atoms with Crippen molar-refractivity contribution in [2.24, 2.45) is 0 Å². The third-order valence-electron chi connectivity index (χ3n) is 4.54. The fourth-order valence-corrected chi connectivity index (χ4v) is 3.01. The molecule has 0 aliphatic heterocycles. The summed E-state index contributed by atoms with van der Waals surface area (Å²) >= 11 is 5.90. The highest BCUT2D eigenvalue weighted by atomic mass is 35.5. The first kappa shape index (κ1) is 22.4. The smallest absolute Gasteiger partial charge is 0.325 e. The highest BCUT2D eigenvalue weighted by Gasteiger charge is 2.18. The van der Waals surface area contributed by atoms with E-state index in [1.165, 1.54) is 24.1 Å². The summed E-state index contributed by atoms with van der Waals surface area (Å²) in [5.74, 6) is -0.302. The number of ether oxygens (including phenoxy) is 1. The summed E-state index contributed by atoms with van der Waals surface area (Å²) in [7, 11) is 1.28. The number of nitrogens with zero attached hydrogens (tertiary/aromatic N) is 3. The van der Waals surface area contributed by atoms with Crippen LogP contribution < -0.4 is 0 Å². The van der Waals surface area contributed by atoms with Crippen molar-refractivity contribution < 1.29 is 23.2 Å². The van der Waals surface area contributed by atoms with Crippen molar-refractivity contribution in [1.29, 1.82) is 0 Å².